The average molecular weight is 523 g/mol. The first-order chi connectivity index (χ1) is 15.3. The standard InChI is InChI=1S/C27H46O.Ca.H2O4S/c1-18(2)7-6-8-19(3)23-11-12-24-22-10-9-20-17-21(28)13-15-26(20,4)25(22)14-16-27(23,24)5;;1-5(2,3)4/h9,18-19,21-25,28H,6-8,10-17H2,1-5H3;;(H2,1,2,3,4)/q;+2;/p-2/t19-,21+,22+,23-,24+,25+,26+,27-;;/m1../s1. The van der Waals surface area contributed by atoms with Gasteiger partial charge in [0.25, 0.3) is 0 Å². The normalized spacial score (nSPS) is 40.0. The Bertz CT molecular complexity index is 804. The largest absolute Gasteiger partial charge is 2.00 e. The Morgan fingerprint density at radius 1 is 1.03 bits per heavy atom. The van der Waals surface area contributed by atoms with Gasteiger partial charge in [-0.25, -0.2) is 0 Å². The van der Waals surface area contributed by atoms with Crippen LogP contribution in [0.3, 0.4) is 0 Å². The van der Waals surface area contributed by atoms with Crippen molar-refractivity contribution >= 4 is 48.1 Å². The molecule has 0 aromatic rings. The maximum absolute atomic E-state index is 10.2. The fraction of sp³-hybridized carbons (Fsp3) is 0.926. The molecular formula is C27H46CaO5S. The molecule has 192 valence electrons. The number of fused-ring (bicyclic) bond motifs is 5. The second-order valence-corrected chi connectivity index (χ2v) is 13.4. The van der Waals surface area contributed by atoms with Gasteiger partial charge in [-0.1, -0.05) is 65.5 Å². The van der Waals surface area contributed by atoms with Gasteiger partial charge in [0, 0.05) is 10.4 Å². The quantitative estimate of drug-likeness (QED) is 0.217. The van der Waals surface area contributed by atoms with Gasteiger partial charge in [0.2, 0.25) is 0 Å². The zero-order chi connectivity index (χ0) is 24.6. The number of rotatable bonds is 5. The molecule has 0 aromatic heterocycles. The smallest absolute Gasteiger partial charge is 0.759 e. The maximum atomic E-state index is 10.2. The third-order valence-corrected chi connectivity index (χ3v) is 10.3. The van der Waals surface area contributed by atoms with Crippen LogP contribution in [0.1, 0.15) is 105 Å². The van der Waals surface area contributed by atoms with Crippen LogP contribution in [0, 0.1) is 46.3 Å². The van der Waals surface area contributed by atoms with Crippen molar-refractivity contribution < 1.29 is 22.6 Å². The molecule has 7 heteroatoms. The second-order valence-electron chi connectivity index (χ2n) is 12.6. The van der Waals surface area contributed by atoms with Gasteiger partial charge in [0.1, 0.15) is 0 Å². The van der Waals surface area contributed by atoms with E-state index in [0.29, 0.717) is 10.8 Å². The Labute approximate surface area is 238 Å². The van der Waals surface area contributed by atoms with E-state index in [2.05, 4.69) is 40.7 Å². The summed E-state index contributed by atoms with van der Waals surface area (Å²) in [6, 6.07) is 0. The molecule has 0 unspecified atom stereocenters. The van der Waals surface area contributed by atoms with Gasteiger partial charge < -0.3 is 14.2 Å². The molecule has 0 radical (unpaired) electrons. The van der Waals surface area contributed by atoms with E-state index < -0.39 is 10.4 Å². The summed E-state index contributed by atoms with van der Waals surface area (Å²) in [4.78, 5) is 0. The van der Waals surface area contributed by atoms with Gasteiger partial charge in [-0.05, 0) is 97.7 Å². The van der Waals surface area contributed by atoms with Crippen molar-refractivity contribution in [1.82, 2.24) is 0 Å². The number of aliphatic hydroxyl groups excluding tert-OH is 1. The van der Waals surface area contributed by atoms with E-state index in [4.69, 9.17) is 17.5 Å². The molecule has 4 aliphatic carbocycles. The van der Waals surface area contributed by atoms with E-state index >= 15 is 0 Å². The minimum atomic E-state index is -5.17. The molecule has 0 aromatic carbocycles. The molecule has 5 nitrogen and oxygen atoms in total. The molecule has 0 bridgehead atoms. The van der Waals surface area contributed by atoms with Crippen LogP contribution >= 0.6 is 0 Å². The van der Waals surface area contributed by atoms with Crippen LogP contribution in [0.15, 0.2) is 11.6 Å². The van der Waals surface area contributed by atoms with Gasteiger partial charge in [-0.2, -0.15) is 0 Å². The van der Waals surface area contributed by atoms with Crippen molar-refractivity contribution in [3.63, 3.8) is 0 Å². The van der Waals surface area contributed by atoms with Crippen molar-refractivity contribution in [1.29, 1.82) is 0 Å². The fourth-order valence-electron chi connectivity index (χ4n) is 8.67. The van der Waals surface area contributed by atoms with Crippen LogP contribution in [0.4, 0.5) is 0 Å². The average Bonchev–Trinajstić information content (AvgIpc) is 3.04. The number of aliphatic hydroxyl groups is 1. The van der Waals surface area contributed by atoms with Crippen LogP contribution in [0.5, 0.6) is 0 Å². The van der Waals surface area contributed by atoms with Gasteiger partial charge >= 0.3 is 37.7 Å². The molecule has 0 spiro atoms. The number of hydrogen-bond donors (Lipinski definition) is 1. The SMILES string of the molecule is CC(C)CCC[C@@H](C)[C@H]1CC[C@H]2[C@@H]3CC=C4C[C@@H](O)CC[C@]4(C)[C@H]3CC[C@]12C.O=S(=O)([O-])[O-].[Ca+2]. The minimum Gasteiger partial charge on any atom is -0.759 e. The van der Waals surface area contributed by atoms with Crippen molar-refractivity contribution in [3.8, 4) is 0 Å². The predicted molar refractivity (Wildman–Crippen MR) is 135 cm³/mol. The minimum absolute atomic E-state index is 0. The number of allylic oxidation sites excluding steroid dienone is 1. The summed E-state index contributed by atoms with van der Waals surface area (Å²) < 4.78 is 34.1. The summed E-state index contributed by atoms with van der Waals surface area (Å²) in [7, 11) is -5.17. The molecule has 0 aliphatic heterocycles. The first-order valence-electron chi connectivity index (χ1n) is 13.3. The third-order valence-electron chi connectivity index (χ3n) is 10.3. The van der Waals surface area contributed by atoms with Crippen LogP contribution in [-0.2, 0) is 10.4 Å². The summed E-state index contributed by atoms with van der Waals surface area (Å²) in [5, 5.41) is 10.2. The van der Waals surface area contributed by atoms with Gasteiger partial charge in [-0.3, -0.25) is 8.42 Å². The van der Waals surface area contributed by atoms with Crippen molar-refractivity contribution in [2.45, 2.75) is 111 Å². The first kappa shape index (κ1) is 31.0. The van der Waals surface area contributed by atoms with Crippen LogP contribution in [0.2, 0.25) is 0 Å². The van der Waals surface area contributed by atoms with Crippen LogP contribution in [-0.4, -0.2) is 66.5 Å². The monoisotopic (exact) mass is 522 g/mol. The van der Waals surface area contributed by atoms with Crippen LogP contribution < -0.4 is 0 Å². The fourth-order valence-corrected chi connectivity index (χ4v) is 8.67. The van der Waals surface area contributed by atoms with E-state index in [0.717, 1.165) is 48.3 Å². The molecule has 3 fully saturated rings. The summed E-state index contributed by atoms with van der Waals surface area (Å²) >= 11 is 0. The summed E-state index contributed by atoms with van der Waals surface area (Å²) in [6.45, 7) is 12.6. The van der Waals surface area contributed by atoms with Gasteiger partial charge in [0.05, 0.1) is 6.10 Å². The van der Waals surface area contributed by atoms with Crippen molar-refractivity contribution in [3.05, 3.63) is 11.6 Å². The Hall–Kier alpha value is 0.830. The Balaban J connectivity index is 0.000000619. The molecule has 4 rings (SSSR count). The van der Waals surface area contributed by atoms with E-state index in [-0.39, 0.29) is 43.8 Å². The molecule has 0 heterocycles. The Morgan fingerprint density at radius 3 is 2.29 bits per heavy atom. The van der Waals surface area contributed by atoms with E-state index in [1.165, 1.54) is 57.8 Å². The Morgan fingerprint density at radius 2 is 1.68 bits per heavy atom. The van der Waals surface area contributed by atoms with E-state index in [9.17, 15) is 5.11 Å². The molecule has 3 saturated carbocycles. The summed E-state index contributed by atoms with van der Waals surface area (Å²) in [6.07, 6.45) is 17.2. The summed E-state index contributed by atoms with van der Waals surface area (Å²) in [5.41, 5.74) is 2.60. The van der Waals surface area contributed by atoms with E-state index in [1.54, 1.807) is 5.57 Å². The van der Waals surface area contributed by atoms with Crippen LogP contribution in [0.25, 0.3) is 0 Å². The van der Waals surface area contributed by atoms with Crippen molar-refractivity contribution in [2.24, 2.45) is 46.3 Å². The first-order valence-corrected chi connectivity index (χ1v) is 14.6. The molecular weight excluding hydrogens is 476 g/mol. The van der Waals surface area contributed by atoms with Crippen molar-refractivity contribution in [2.75, 3.05) is 0 Å². The topological polar surface area (TPSA) is 100 Å². The molecule has 34 heavy (non-hydrogen) atoms. The molecule has 8 atom stereocenters. The molecule has 0 saturated heterocycles. The van der Waals surface area contributed by atoms with Gasteiger partial charge in [-0.15, -0.1) is 0 Å². The zero-order valence-corrected chi connectivity index (χ0v) is 25.1. The predicted octanol–water partition coefficient (Wildman–Crippen LogP) is 5.67. The maximum Gasteiger partial charge on any atom is 2.00 e. The second kappa shape index (κ2) is 12.1. The van der Waals surface area contributed by atoms with E-state index in [1.807, 2.05) is 0 Å². The zero-order valence-electron chi connectivity index (χ0n) is 22.1. The van der Waals surface area contributed by atoms with Gasteiger partial charge in [0.15, 0.2) is 0 Å². The third kappa shape index (κ3) is 7.02. The Kier molecular flexibility index (Phi) is 11.1. The number of hydrogen-bond acceptors (Lipinski definition) is 5. The summed E-state index contributed by atoms with van der Waals surface area (Å²) in [5.74, 6) is 5.46. The molecule has 4 aliphatic rings. The molecule has 0 amide bonds. The molecule has 1 N–H and O–H groups in total.